The van der Waals surface area contributed by atoms with E-state index in [1.807, 2.05) is 12.1 Å². The van der Waals surface area contributed by atoms with Crippen LogP contribution in [0.1, 0.15) is 11.1 Å². The normalized spacial score (nSPS) is 15.8. The van der Waals surface area contributed by atoms with E-state index in [1.54, 1.807) is 0 Å². The van der Waals surface area contributed by atoms with Gasteiger partial charge in [0.1, 0.15) is 6.10 Å². The minimum absolute atomic E-state index is 0.0691. The van der Waals surface area contributed by atoms with Crippen LogP contribution < -0.4 is 0 Å². The van der Waals surface area contributed by atoms with Gasteiger partial charge in [0.25, 0.3) is 0 Å². The van der Waals surface area contributed by atoms with E-state index in [9.17, 15) is 5.11 Å². The molecule has 0 spiro atoms. The summed E-state index contributed by atoms with van der Waals surface area (Å²) in [7, 11) is 0. The van der Waals surface area contributed by atoms with Crippen molar-refractivity contribution >= 4 is 0 Å². The highest BCUT2D eigenvalue weighted by molar-refractivity contribution is 5.32. The number of hydrogen-bond acceptors (Lipinski definition) is 3. The molecule has 1 aliphatic carbocycles. The number of benzene rings is 1. The lowest BCUT2D eigenvalue weighted by Gasteiger charge is -2.08. The van der Waals surface area contributed by atoms with Crippen LogP contribution in [0.25, 0.3) is 4.98 Å². The van der Waals surface area contributed by atoms with Gasteiger partial charge in [-0.05, 0) is 11.1 Å². The third-order valence-electron chi connectivity index (χ3n) is 2.47. The monoisotopic (exact) mass is 203 g/mol. The molecule has 4 nitrogen and oxygen atoms in total. The molecule has 1 aromatic rings. The van der Waals surface area contributed by atoms with Crippen LogP contribution >= 0.6 is 0 Å². The molecule has 0 fully saturated rings. The highest BCUT2D eigenvalue weighted by Crippen LogP contribution is 2.24. The lowest BCUT2D eigenvalue weighted by Crippen LogP contribution is -2.12. The van der Waals surface area contributed by atoms with Crippen molar-refractivity contribution in [3.8, 4) is 0 Å². The Balaban J connectivity index is 2.02. The lowest BCUT2D eigenvalue weighted by atomic mass is 10.1. The van der Waals surface area contributed by atoms with Gasteiger partial charge in [-0.1, -0.05) is 24.3 Å². The van der Waals surface area contributed by atoms with E-state index >= 15 is 0 Å². The molecule has 0 atom stereocenters. The Morgan fingerprint density at radius 2 is 2.00 bits per heavy atom. The summed E-state index contributed by atoms with van der Waals surface area (Å²) in [5, 5.41) is 17.4. The van der Waals surface area contributed by atoms with Crippen molar-refractivity contribution in [3.05, 3.63) is 52.5 Å². The molecule has 0 aromatic heterocycles. The molecule has 1 aromatic carbocycles. The molecule has 15 heavy (non-hydrogen) atoms. The molecule has 1 N–H and O–H groups in total. The maximum absolute atomic E-state index is 9.17. The van der Waals surface area contributed by atoms with Crippen molar-refractivity contribution in [2.45, 2.75) is 18.9 Å². The highest BCUT2D eigenvalue weighted by atomic mass is 16.6. The third kappa shape index (κ3) is 2.08. The Hall–Kier alpha value is -2.02. The van der Waals surface area contributed by atoms with Crippen molar-refractivity contribution in [1.29, 1.82) is 5.39 Å². The summed E-state index contributed by atoms with van der Waals surface area (Å²) in [6.45, 7) is 0. The number of aliphatic hydroxyl groups is 1. The number of fused-ring (bicyclic) bond motifs is 1. The third-order valence-corrected chi connectivity index (χ3v) is 2.47. The average Bonchev–Trinajstić information content (AvgIpc) is 2.59. The average molecular weight is 203 g/mol. The minimum Gasteiger partial charge on any atom is -0.476 e. The first-order valence-electron chi connectivity index (χ1n) is 4.76. The lowest BCUT2D eigenvalue weighted by molar-refractivity contribution is 0.0381. The van der Waals surface area contributed by atoms with E-state index in [-0.39, 0.29) is 12.0 Å². The predicted molar refractivity (Wildman–Crippen MR) is 54.5 cm³/mol. The molecule has 0 unspecified atom stereocenters. The Morgan fingerprint density at radius 1 is 1.40 bits per heavy atom. The van der Waals surface area contributed by atoms with Gasteiger partial charge in [0.15, 0.2) is 4.98 Å². The van der Waals surface area contributed by atoms with Crippen LogP contribution in [0.2, 0.25) is 0 Å². The fourth-order valence-electron chi connectivity index (χ4n) is 1.85. The van der Waals surface area contributed by atoms with Crippen LogP contribution in [0.3, 0.4) is 0 Å². The van der Waals surface area contributed by atoms with Crippen LogP contribution in [0.4, 0.5) is 0 Å². The Morgan fingerprint density at radius 3 is 2.53 bits per heavy atom. The number of hydrogen-bond donors (Lipinski definition) is 1. The molecule has 0 bridgehead atoms. The molecular formula is C11H11N2O2+. The van der Waals surface area contributed by atoms with Gasteiger partial charge in [0, 0.05) is 12.8 Å². The summed E-state index contributed by atoms with van der Waals surface area (Å²) >= 11 is 0. The molecule has 2 rings (SSSR count). The van der Waals surface area contributed by atoms with Crippen LogP contribution in [0.5, 0.6) is 0 Å². The zero-order valence-corrected chi connectivity index (χ0v) is 8.13. The van der Waals surface area contributed by atoms with Gasteiger partial charge >= 0.3 is 12.1 Å². The zero-order valence-electron chi connectivity index (χ0n) is 8.13. The summed E-state index contributed by atoms with van der Waals surface area (Å²) in [4.78, 5) is 2.69. The SMILES string of the molecule is N#[N+]C=C(O)OC1Cc2ccccc2C1. The highest BCUT2D eigenvalue weighted by Gasteiger charge is 2.23. The molecule has 0 radical (unpaired) electrons. The van der Waals surface area contributed by atoms with Gasteiger partial charge in [0.05, 0.1) is 0 Å². The minimum atomic E-state index is -0.352. The topological polar surface area (TPSA) is 57.6 Å². The summed E-state index contributed by atoms with van der Waals surface area (Å²) in [5.41, 5.74) is 2.49. The van der Waals surface area contributed by atoms with E-state index in [0.29, 0.717) is 0 Å². The van der Waals surface area contributed by atoms with Gasteiger partial charge in [0.2, 0.25) is 5.39 Å². The quantitative estimate of drug-likeness (QED) is 0.593. The molecule has 0 saturated carbocycles. The smallest absolute Gasteiger partial charge is 0.429 e. The molecule has 0 heterocycles. The van der Waals surface area contributed by atoms with Crippen LogP contribution in [0, 0.1) is 5.39 Å². The van der Waals surface area contributed by atoms with Crippen molar-refractivity contribution in [1.82, 2.24) is 0 Å². The van der Waals surface area contributed by atoms with Crippen LogP contribution in [0.15, 0.2) is 36.4 Å². The standard InChI is InChI=1S/C11H10N2O2/c12-13-7-11(14)15-10-5-8-3-1-2-4-9(8)6-10/h1-4,7,10H,5-6H2/p+1. The van der Waals surface area contributed by atoms with Crippen LogP contribution in [-0.4, -0.2) is 11.2 Å². The first-order chi connectivity index (χ1) is 7.29. The van der Waals surface area contributed by atoms with Gasteiger partial charge in [-0.2, -0.15) is 0 Å². The number of nitrogens with zero attached hydrogens (tertiary/aromatic N) is 2. The summed E-state index contributed by atoms with van der Waals surface area (Å²) < 4.78 is 5.20. The fraction of sp³-hybridized carbons (Fsp3) is 0.273. The molecule has 0 aliphatic heterocycles. The van der Waals surface area contributed by atoms with E-state index in [1.165, 1.54) is 11.1 Å². The maximum Gasteiger partial charge on any atom is 0.429 e. The van der Waals surface area contributed by atoms with E-state index in [4.69, 9.17) is 10.1 Å². The van der Waals surface area contributed by atoms with Crippen molar-refractivity contribution in [2.75, 3.05) is 0 Å². The van der Waals surface area contributed by atoms with E-state index < -0.39 is 0 Å². The second-order valence-electron chi connectivity index (χ2n) is 3.50. The predicted octanol–water partition coefficient (Wildman–Crippen LogP) is 2.38. The van der Waals surface area contributed by atoms with Crippen molar-refractivity contribution in [3.63, 3.8) is 0 Å². The van der Waals surface area contributed by atoms with E-state index in [2.05, 4.69) is 17.1 Å². The molecule has 1 aliphatic rings. The first-order valence-corrected chi connectivity index (χ1v) is 4.76. The molecular weight excluding hydrogens is 192 g/mol. The molecule has 76 valence electrons. The number of aliphatic hydroxyl groups excluding tert-OH is 1. The van der Waals surface area contributed by atoms with Gasteiger partial charge in [-0.15, -0.1) is 0 Å². The fourth-order valence-corrected chi connectivity index (χ4v) is 1.85. The van der Waals surface area contributed by atoms with Crippen LogP contribution in [-0.2, 0) is 17.6 Å². The summed E-state index contributed by atoms with van der Waals surface area (Å²) in [5.74, 6) is -0.352. The van der Waals surface area contributed by atoms with Crippen molar-refractivity contribution in [2.24, 2.45) is 0 Å². The second kappa shape index (κ2) is 4.01. The number of rotatable bonds is 2. The molecule has 4 heteroatoms. The second-order valence-corrected chi connectivity index (χ2v) is 3.50. The van der Waals surface area contributed by atoms with Gasteiger partial charge in [-0.25, -0.2) is 0 Å². The molecule has 0 amide bonds. The summed E-state index contributed by atoms with van der Waals surface area (Å²) in [6, 6.07) is 8.08. The van der Waals surface area contributed by atoms with Crippen molar-refractivity contribution < 1.29 is 9.84 Å². The largest absolute Gasteiger partial charge is 0.476 e. The Bertz CT molecular complexity index is 409. The zero-order chi connectivity index (χ0) is 10.7. The maximum atomic E-state index is 9.17. The molecule has 0 saturated heterocycles. The number of ether oxygens (including phenoxy) is 1. The first kappa shape index (κ1) is 9.53. The summed E-state index contributed by atoms with van der Waals surface area (Å²) in [6.07, 6.45) is 2.36. The van der Waals surface area contributed by atoms with Gasteiger partial charge < -0.3 is 9.84 Å². The number of diazo groups is 1. The Labute approximate surface area is 87.4 Å². The Kier molecular flexibility index (Phi) is 2.55. The van der Waals surface area contributed by atoms with Gasteiger partial charge in [-0.3, -0.25) is 0 Å². The van der Waals surface area contributed by atoms with E-state index in [0.717, 1.165) is 19.0 Å².